The third-order valence-corrected chi connectivity index (χ3v) is 3.21. The molecule has 0 spiro atoms. The Hall–Kier alpha value is -1.95. The van der Waals surface area contributed by atoms with E-state index in [2.05, 4.69) is 38.9 Å². The van der Waals surface area contributed by atoms with E-state index in [9.17, 15) is 0 Å². The van der Waals surface area contributed by atoms with Crippen molar-refractivity contribution < 1.29 is 4.74 Å². The summed E-state index contributed by atoms with van der Waals surface area (Å²) in [5, 5.41) is 11.7. The highest BCUT2D eigenvalue weighted by atomic mass is 16.5. The number of nitrogens with zero attached hydrogens (tertiary/aromatic N) is 4. The lowest BCUT2D eigenvalue weighted by atomic mass is 10.1. The van der Waals surface area contributed by atoms with Crippen molar-refractivity contribution >= 4 is 0 Å². The van der Waals surface area contributed by atoms with Crippen LogP contribution in [-0.2, 0) is 13.0 Å². The van der Waals surface area contributed by atoms with Crippen LogP contribution in [0.2, 0.25) is 0 Å². The molecule has 0 amide bonds. The van der Waals surface area contributed by atoms with Gasteiger partial charge in [0, 0.05) is 31.4 Å². The van der Waals surface area contributed by atoms with Crippen LogP contribution >= 0.6 is 0 Å². The van der Waals surface area contributed by atoms with Gasteiger partial charge in [0.25, 0.3) is 0 Å². The number of hydrogen-bond acceptors (Lipinski definition) is 5. The minimum Gasteiger partial charge on any atom is -0.480 e. The largest absolute Gasteiger partial charge is 0.480 e. The zero-order chi connectivity index (χ0) is 14.4. The molecule has 108 valence electrons. The fourth-order valence-electron chi connectivity index (χ4n) is 2.15. The van der Waals surface area contributed by atoms with Gasteiger partial charge in [0.05, 0.1) is 18.8 Å². The van der Waals surface area contributed by atoms with Crippen molar-refractivity contribution in [2.24, 2.45) is 0 Å². The molecular formula is C14H21N5O. The number of aromatic nitrogens is 4. The smallest absolute Gasteiger partial charge is 0.233 e. The van der Waals surface area contributed by atoms with Crippen molar-refractivity contribution in [3.05, 3.63) is 36.0 Å². The molecule has 1 unspecified atom stereocenters. The molecule has 2 aromatic rings. The van der Waals surface area contributed by atoms with Crippen LogP contribution in [0.5, 0.6) is 5.88 Å². The van der Waals surface area contributed by atoms with E-state index in [0.29, 0.717) is 5.88 Å². The second-order valence-corrected chi connectivity index (χ2v) is 4.44. The van der Waals surface area contributed by atoms with E-state index in [1.54, 1.807) is 7.11 Å². The van der Waals surface area contributed by atoms with Gasteiger partial charge in [0.2, 0.25) is 5.88 Å². The summed E-state index contributed by atoms with van der Waals surface area (Å²) in [4.78, 5) is 4.42. The van der Waals surface area contributed by atoms with E-state index in [4.69, 9.17) is 4.74 Å². The lowest BCUT2D eigenvalue weighted by Crippen LogP contribution is -2.25. The molecule has 0 aromatic carbocycles. The van der Waals surface area contributed by atoms with Crippen molar-refractivity contribution in [1.82, 2.24) is 25.1 Å². The molecule has 0 radical (unpaired) electrons. The first-order chi connectivity index (χ1) is 9.78. The summed E-state index contributed by atoms with van der Waals surface area (Å²) in [7, 11) is 1.59. The average Bonchev–Trinajstić information content (AvgIpc) is 2.94. The Kier molecular flexibility index (Phi) is 5.06. The lowest BCUT2D eigenvalue weighted by molar-refractivity contribution is 0.389. The Balaban J connectivity index is 2.17. The van der Waals surface area contributed by atoms with E-state index in [1.807, 2.05) is 24.5 Å². The van der Waals surface area contributed by atoms with Crippen LogP contribution in [0, 0.1) is 0 Å². The average molecular weight is 275 g/mol. The zero-order valence-corrected chi connectivity index (χ0v) is 12.2. The Morgan fingerprint density at radius 1 is 1.30 bits per heavy atom. The Labute approximate surface area is 119 Å². The van der Waals surface area contributed by atoms with Crippen LogP contribution in [0.15, 0.2) is 24.5 Å². The minimum absolute atomic E-state index is 0.103. The minimum atomic E-state index is 0.103. The van der Waals surface area contributed by atoms with Crippen LogP contribution in [0.3, 0.4) is 0 Å². The maximum atomic E-state index is 5.04. The van der Waals surface area contributed by atoms with Gasteiger partial charge < -0.3 is 14.6 Å². The van der Waals surface area contributed by atoms with Crippen molar-refractivity contribution in [1.29, 1.82) is 0 Å². The van der Waals surface area contributed by atoms with Crippen molar-refractivity contribution in [2.75, 3.05) is 13.7 Å². The van der Waals surface area contributed by atoms with E-state index >= 15 is 0 Å². The molecule has 2 aromatic heterocycles. The molecule has 1 atom stereocenters. The molecule has 2 heterocycles. The molecule has 0 saturated heterocycles. The monoisotopic (exact) mass is 275 g/mol. The van der Waals surface area contributed by atoms with Gasteiger partial charge in [-0.05, 0) is 19.5 Å². The van der Waals surface area contributed by atoms with Gasteiger partial charge in [0.1, 0.15) is 5.82 Å². The quantitative estimate of drug-likeness (QED) is 0.831. The van der Waals surface area contributed by atoms with E-state index < -0.39 is 0 Å². The molecule has 2 rings (SSSR count). The van der Waals surface area contributed by atoms with Crippen LogP contribution < -0.4 is 10.1 Å². The molecule has 6 heteroatoms. The molecule has 0 saturated carbocycles. The maximum absolute atomic E-state index is 5.04. The number of nitrogens with one attached hydrogen (secondary N) is 1. The highest BCUT2D eigenvalue weighted by Gasteiger charge is 2.16. The summed E-state index contributed by atoms with van der Waals surface area (Å²) < 4.78 is 7.18. The van der Waals surface area contributed by atoms with E-state index in [0.717, 1.165) is 31.0 Å². The normalized spacial score (nSPS) is 12.3. The van der Waals surface area contributed by atoms with E-state index in [1.165, 1.54) is 0 Å². The first kappa shape index (κ1) is 14.5. The molecule has 20 heavy (non-hydrogen) atoms. The summed E-state index contributed by atoms with van der Waals surface area (Å²) in [5.41, 5.74) is 0.901. The standard InChI is InChI=1S/C14H21N5O/c1-4-15-12(10-13-16-8-9-19(13)5-2)11-6-7-14(20-3)18-17-11/h6-9,12,15H,4-5,10H2,1-3H3. The predicted molar refractivity (Wildman–Crippen MR) is 76.6 cm³/mol. The first-order valence-electron chi connectivity index (χ1n) is 6.89. The number of rotatable bonds is 7. The van der Waals surface area contributed by atoms with Gasteiger partial charge in [-0.1, -0.05) is 6.92 Å². The molecule has 0 aliphatic carbocycles. The number of hydrogen-bond donors (Lipinski definition) is 1. The van der Waals surface area contributed by atoms with Crippen molar-refractivity contribution in [3.8, 4) is 5.88 Å². The molecule has 1 N–H and O–H groups in total. The number of aryl methyl sites for hydroxylation is 1. The zero-order valence-electron chi connectivity index (χ0n) is 12.2. The van der Waals surface area contributed by atoms with Gasteiger partial charge in [0.15, 0.2) is 0 Å². The van der Waals surface area contributed by atoms with Gasteiger partial charge in [-0.25, -0.2) is 4.98 Å². The molecule has 6 nitrogen and oxygen atoms in total. The fourth-order valence-corrected chi connectivity index (χ4v) is 2.15. The fraction of sp³-hybridized carbons (Fsp3) is 0.500. The van der Waals surface area contributed by atoms with Crippen LogP contribution in [0.4, 0.5) is 0 Å². The predicted octanol–water partition coefficient (Wildman–Crippen LogP) is 1.59. The molecule has 0 aliphatic heterocycles. The van der Waals surface area contributed by atoms with Gasteiger partial charge >= 0.3 is 0 Å². The van der Waals surface area contributed by atoms with E-state index in [-0.39, 0.29) is 6.04 Å². The first-order valence-corrected chi connectivity index (χ1v) is 6.89. The Morgan fingerprint density at radius 2 is 2.15 bits per heavy atom. The third kappa shape index (κ3) is 3.33. The number of likely N-dealkylation sites (N-methyl/N-ethyl adjacent to an activating group) is 1. The molecule has 0 bridgehead atoms. The van der Waals surface area contributed by atoms with Gasteiger partial charge in [-0.15, -0.1) is 5.10 Å². The van der Waals surface area contributed by atoms with Crippen LogP contribution in [0.1, 0.15) is 31.4 Å². The highest BCUT2D eigenvalue weighted by molar-refractivity contribution is 5.15. The van der Waals surface area contributed by atoms with Gasteiger partial charge in [-0.2, -0.15) is 5.10 Å². The van der Waals surface area contributed by atoms with Crippen molar-refractivity contribution in [3.63, 3.8) is 0 Å². The Morgan fingerprint density at radius 3 is 2.75 bits per heavy atom. The van der Waals surface area contributed by atoms with Crippen LogP contribution in [0.25, 0.3) is 0 Å². The number of methoxy groups -OCH3 is 1. The Bertz CT molecular complexity index is 523. The number of ether oxygens (including phenoxy) is 1. The highest BCUT2D eigenvalue weighted by Crippen LogP contribution is 2.16. The summed E-state index contributed by atoms with van der Waals surface area (Å²) >= 11 is 0. The summed E-state index contributed by atoms with van der Waals surface area (Å²) in [5.74, 6) is 1.58. The molecule has 0 fully saturated rings. The summed E-state index contributed by atoms with van der Waals surface area (Å²) in [6.45, 7) is 5.98. The molecule has 0 aliphatic rings. The summed E-state index contributed by atoms with van der Waals surface area (Å²) in [6.07, 6.45) is 4.62. The maximum Gasteiger partial charge on any atom is 0.233 e. The SMILES string of the molecule is CCNC(Cc1nccn1CC)c1ccc(OC)nn1. The van der Waals surface area contributed by atoms with Crippen LogP contribution in [-0.4, -0.2) is 33.4 Å². The van der Waals surface area contributed by atoms with Crippen molar-refractivity contribution in [2.45, 2.75) is 32.9 Å². The lowest BCUT2D eigenvalue weighted by Gasteiger charge is -2.17. The number of imidazole rings is 1. The third-order valence-electron chi connectivity index (χ3n) is 3.21. The van der Waals surface area contributed by atoms with Gasteiger partial charge in [-0.3, -0.25) is 0 Å². The molecular weight excluding hydrogens is 254 g/mol. The topological polar surface area (TPSA) is 64.9 Å². The second kappa shape index (κ2) is 7.00. The summed E-state index contributed by atoms with van der Waals surface area (Å²) in [6, 6.07) is 3.88. The second-order valence-electron chi connectivity index (χ2n) is 4.44.